The molecule has 6 aromatic carbocycles. The number of benzene rings is 6. The summed E-state index contributed by atoms with van der Waals surface area (Å²) >= 11 is 3.45. The lowest BCUT2D eigenvalue weighted by Gasteiger charge is -2.24. The van der Waals surface area contributed by atoms with Gasteiger partial charge < -0.3 is 69.1 Å². The number of hydrogen-bond donors (Lipinski definition) is 9. The lowest BCUT2D eigenvalue weighted by atomic mass is 9.83. The summed E-state index contributed by atoms with van der Waals surface area (Å²) in [6.07, 6.45) is 13.9. The van der Waals surface area contributed by atoms with Crippen LogP contribution in [0.2, 0.25) is 0 Å². The molecule has 0 bridgehead atoms. The lowest BCUT2D eigenvalue weighted by Crippen LogP contribution is -2.41. The van der Waals surface area contributed by atoms with Crippen LogP contribution in [0.15, 0.2) is 146 Å². The van der Waals surface area contributed by atoms with Gasteiger partial charge in [0.15, 0.2) is 10.8 Å². The third kappa shape index (κ3) is 24.9. The number of rotatable bonds is 24. The molecule has 9 N–H and O–H groups in total. The summed E-state index contributed by atoms with van der Waals surface area (Å²) in [7, 11) is 4.00. The molecule has 27 heteroatoms. The quantitative estimate of drug-likeness (QED) is 0.00679. The standard InChI is InChI=1S/C17H20FNO4.C13H12FNO4.C12H13BrFN.C12H14FNO.C12H12FNO.C11H13FN2.C7H12O3/c1-4-22-15(20)17(3,16(21)23-5-2)9-11-10-19-14-7-6-12(18)8-13(11)14;1-13(11(16)17,12(18)19)5-7-6-15-10-3-2-8(14)4-9(7)10;1-8(6-13)4-9-7-15-12-3-2-10(14)5-11(9)12;2*1-8(7-15)4-9-6-14-12-3-2-10(13)5-11(9)12;1-14(2)7-8-6-13-11-4-3-9(12)5-10(8)11;1-4-10-7(9)5(2)6(3)8/h6-8,10,19H,4-5,9H2,1-3H3;2-4,6,15H,5H2,1H3,(H,16,17)(H,18,19);2-3,5,7-8,15H,4,6H2,1H3;2-3,5-6,8,14-15H,4,7H2,1H3;2-3,5-8,14H,4H2,1H3;3-6,13H,7H2,1-2H3;5H,4H2,1-3H3. The fourth-order valence-corrected chi connectivity index (χ4v) is 11.9. The average molecular weight is 1610 g/mol. The fourth-order valence-electron chi connectivity index (χ4n) is 11.7. The molecule has 0 saturated carbocycles. The third-order valence-electron chi connectivity index (χ3n) is 18.1. The van der Waals surface area contributed by atoms with Crippen molar-refractivity contribution in [1.29, 1.82) is 0 Å². The molecule has 0 aliphatic rings. The van der Waals surface area contributed by atoms with Gasteiger partial charge in [0.05, 0.1) is 19.8 Å². The summed E-state index contributed by atoms with van der Waals surface area (Å²) in [6, 6.07) is 27.4. The SMILES string of the molecule is CC(C=O)Cc1c[nH]c2ccc(F)cc12.CC(CBr)Cc1c[nH]c2ccc(F)cc12.CC(CO)Cc1c[nH]c2ccc(F)cc12.CC(Cc1c[nH]c2ccc(F)cc12)(C(=O)O)C(=O)O.CCOC(=O)C(C)(Cc1c[nH]c2ccc(F)cc12)C(=O)OCC.CCOC(=O)C(C)C(C)=O.CN(C)Cc1c[nH]c2ccc(F)cc12. The number of halogens is 7. The largest absolute Gasteiger partial charge is 0.480 e. The first-order chi connectivity index (χ1) is 52.6. The average Bonchev–Trinajstić information content (AvgIpc) is 1.72. The van der Waals surface area contributed by atoms with Crippen LogP contribution in [0.4, 0.5) is 26.3 Å². The number of Topliss-reactive ketones (excluding diaryl/α,β-unsaturated/α-hetero) is 1. The third-order valence-corrected chi connectivity index (χ3v) is 19.2. The van der Waals surface area contributed by atoms with E-state index in [0.717, 1.165) is 104 Å². The van der Waals surface area contributed by atoms with Crippen LogP contribution in [0.5, 0.6) is 0 Å². The van der Waals surface area contributed by atoms with Crippen molar-refractivity contribution in [2.24, 2.45) is 34.5 Å². The molecule has 6 heterocycles. The molecule has 0 radical (unpaired) electrons. The minimum absolute atomic E-state index is 0.0349. The first-order valence-electron chi connectivity index (χ1n) is 35.9. The van der Waals surface area contributed by atoms with Gasteiger partial charge in [-0.2, -0.15) is 0 Å². The number of aromatic nitrogens is 6. The van der Waals surface area contributed by atoms with Crippen LogP contribution in [0.3, 0.4) is 0 Å². The number of carbonyl (C=O) groups is 7. The number of aromatic amines is 6. The summed E-state index contributed by atoms with van der Waals surface area (Å²) in [5, 5.41) is 32.9. The van der Waals surface area contributed by atoms with Gasteiger partial charge in [0.2, 0.25) is 0 Å². The molecule has 4 unspecified atom stereocenters. The predicted molar refractivity (Wildman–Crippen MR) is 421 cm³/mol. The van der Waals surface area contributed by atoms with Crippen molar-refractivity contribution < 1.29 is 89.4 Å². The van der Waals surface area contributed by atoms with Gasteiger partial charge in [0.1, 0.15) is 52.9 Å². The van der Waals surface area contributed by atoms with Crippen molar-refractivity contribution in [2.75, 3.05) is 45.9 Å². The maximum atomic E-state index is 13.5. The van der Waals surface area contributed by atoms with E-state index in [-0.39, 0.29) is 79.4 Å². The van der Waals surface area contributed by atoms with Crippen molar-refractivity contribution >= 4 is 123 Å². The predicted octanol–water partition coefficient (Wildman–Crippen LogP) is 17.2. The minimum Gasteiger partial charge on any atom is -0.480 e. The summed E-state index contributed by atoms with van der Waals surface area (Å²) in [5.74, 6) is -6.29. The molecule has 6 aromatic heterocycles. The van der Waals surface area contributed by atoms with Crippen molar-refractivity contribution in [3.63, 3.8) is 0 Å². The number of ether oxygens (including phenoxy) is 3. The number of carboxylic acid groups (broad SMARTS) is 2. The lowest BCUT2D eigenvalue weighted by molar-refractivity contribution is -0.171. The highest BCUT2D eigenvalue weighted by molar-refractivity contribution is 9.09. The fraction of sp³-hybridized carbons (Fsp3) is 0.345. The first-order valence-corrected chi connectivity index (χ1v) is 37.0. The Balaban J connectivity index is 0.000000204. The molecule has 0 aliphatic carbocycles. The van der Waals surface area contributed by atoms with Crippen molar-refractivity contribution in [1.82, 2.24) is 34.8 Å². The zero-order valence-corrected chi connectivity index (χ0v) is 65.6. The number of esters is 3. The van der Waals surface area contributed by atoms with Crippen molar-refractivity contribution in [3.8, 4) is 0 Å². The maximum Gasteiger partial charge on any atom is 0.323 e. The van der Waals surface area contributed by atoms with Gasteiger partial charge in [0.25, 0.3) is 0 Å². The number of aliphatic hydroxyl groups is 1. The minimum atomic E-state index is -1.94. The van der Waals surface area contributed by atoms with Crippen LogP contribution >= 0.6 is 15.9 Å². The highest BCUT2D eigenvalue weighted by atomic mass is 79.9. The number of ketones is 1. The van der Waals surface area contributed by atoms with Crippen molar-refractivity contribution in [2.45, 2.75) is 108 Å². The Morgan fingerprint density at radius 2 is 0.748 bits per heavy atom. The molecule has 0 saturated heterocycles. The number of fused-ring (bicyclic) bond motifs is 6. The molecule has 111 heavy (non-hydrogen) atoms. The second-order valence-electron chi connectivity index (χ2n) is 27.7. The van der Waals surface area contributed by atoms with E-state index in [2.05, 4.69) is 62.4 Å². The van der Waals surface area contributed by atoms with Crippen molar-refractivity contribution in [3.05, 3.63) is 215 Å². The Hall–Kier alpha value is -10.8. The molecule has 0 spiro atoms. The highest BCUT2D eigenvalue weighted by Gasteiger charge is 2.45. The van der Waals surface area contributed by atoms with E-state index in [0.29, 0.717) is 46.4 Å². The second-order valence-corrected chi connectivity index (χ2v) is 28.3. The van der Waals surface area contributed by atoms with Crippen LogP contribution in [0.25, 0.3) is 65.4 Å². The Bertz CT molecular complexity index is 5000. The molecule has 20 nitrogen and oxygen atoms in total. The normalized spacial score (nSPS) is 12.3. The summed E-state index contributed by atoms with van der Waals surface area (Å²) in [5.41, 5.74) is 7.28. The molecule has 0 fully saturated rings. The smallest absolute Gasteiger partial charge is 0.323 e. The summed E-state index contributed by atoms with van der Waals surface area (Å²) in [4.78, 5) is 99.1. The van der Waals surface area contributed by atoms with E-state index >= 15 is 0 Å². The number of alkyl halides is 1. The van der Waals surface area contributed by atoms with Crippen LogP contribution < -0.4 is 0 Å². The number of aliphatic hydroxyl groups excluding tert-OH is 1. The topological polar surface area (TPSA) is 306 Å². The Labute approximate surface area is 647 Å². The summed E-state index contributed by atoms with van der Waals surface area (Å²) in [6.45, 7) is 18.2. The number of aliphatic carboxylic acids is 2. The van der Waals surface area contributed by atoms with Crippen LogP contribution in [-0.2, 0) is 86.4 Å². The summed E-state index contributed by atoms with van der Waals surface area (Å²) < 4.78 is 93.5. The molecule has 0 aliphatic heterocycles. The second kappa shape index (κ2) is 41.9. The zero-order chi connectivity index (χ0) is 82.0. The molecule has 594 valence electrons. The maximum absolute atomic E-state index is 13.5. The monoisotopic (exact) mass is 1600 g/mol. The van der Waals surface area contributed by atoms with Crippen LogP contribution in [-0.4, -0.2) is 138 Å². The van der Waals surface area contributed by atoms with E-state index in [1.54, 1.807) is 76.4 Å². The number of hydrogen-bond acceptors (Lipinski definition) is 12. The highest BCUT2D eigenvalue weighted by Crippen LogP contribution is 2.33. The van der Waals surface area contributed by atoms with Gasteiger partial charge in [0, 0.05) is 140 Å². The Morgan fingerprint density at radius 3 is 1.04 bits per heavy atom. The van der Waals surface area contributed by atoms with Gasteiger partial charge in [-0.15, -0.1) is 0 Å². The van der Waals surface area contributed by atoms with E-state index in [4.69, 9.17) is 24.8 Å². The van der Waals surface area contributed by atoms with Gasteiger partial charge in [-0.1, -0.05) is 36.7 Å². The van der Waals surface area contributed by atoms with E-state index in [9.17, 15) is 59.9 Å². The Kier molecular flexibility index (Phi) is 33.6. The number of nitrogens with one attached hydrogen (secondary N) is 6. The van der Waals surface area contributed by atoms with Crippen LogP contribution in [0, 0.1) is 69.4 Å². The zero-order valence-electron chi connectivity index (χ0n) is 64.0. The number of H-pyrrole nitrogens is 6. The van der Waals surface area contributed by atoms with E-state index < -0.39 is 52.4 Å². The van der Waals surface area contributed by atoms with Gasteiger partial charge in [-0.05, 0) is 236 Å². The number of aldehydes is 1. The number of nitrogens with zero attached hydrogens (tertiary/aromatic N) is 1. The number of carboxylic acids is 2. The van der Waals surface area contributed by atoms with Gasteiger partial charge in [-0.3, -0.25) is 28.8 Å². The molecular weight excluding hydrogens is 1510 g/mol. The molecule has 0 amide bonds. The first kappa shape index (κ1) is 89.1. The van der Waals surface area contributed by atoms with Crippen LogP contribution in [0.1, 0.15) is 103 Å². The molecule has 12 rings (SSSR count). The van der Waals surface area contributed by atoms with E-state index in [1.165, 1.54) is 92.3 Å². The van der Waals surface area contributed by atoms with Gasteiger partial charge >= 0.3 is 29.8 Å². The molecular formula is C84H96BrF6N7O13. The number of carbonyl (C=O) groups excluding carboxylic acids is 5. The van der Waals surface area contributed by atoms with E-state index in [1.807, 2.05) is 52.7 Å². The van der Waals surface area contributed by atoms with Gasteiger partial charge in [-0.25, -0.2) is 26.3 Å². The molecule has 4 atom stereocenters. The molecule has 12 aromatic rings. The Morgan fingerprint density at radius 1 is 0.459 bits per heavy atom.